The first kappa shape index (κ1) is 14.3. The molecule has 0 aromatic heterocycles. The number of aryl methyl sites for hydroxylation is 1. The van der Waals surface area contributed by atoms with Crippen LogP contribution in [-0.2, 0) is 9.53 Å². The summed E-state index contributed by atoms with van der Waals surface area (Å²) in [6.07, 6.45) is 1.99. The Morgan fingerprint density at radius 2 is 2.30 bits per heavy atom. The molecular weight excluding hydrogens is 254 g/mol. The van der Waals surface area contributed by atoms with Gasteiger partial charge in [0.05, 0.1) is 13.5 Å². The molecule has 4 nitrogen and oxygen atoms in total. The highest BCUT2D eigenvalue weighted by molar-refractivity contribution is 5.97. The van der Waals surface area contributed by atoms with Crippen LogP contribution >= 0.6 is 0 Å². The molecule has 1 unspecified atom stereocenters. The van der Waals surface area contributed by atoms with Gasteiger partial charge in [0.15, 0.2) is 0 Å². The lowest BCUT2D eigenvalue weighted by Crippen LogP contribution is -2.41. The predicted molar refractivity (Wildman–Crippen MR) is 76.7 cm³/mol. The zero-order valence-corrected chi connectivity index (χ0v) is 11.9. The normalized spacial score (nSPS) is 17.6. The Hall–Kier alpha value is -2.10. The molecule has 0 N–H and O–H groups in total. The maximum atomic E-state index is 12.4. The summed E-state index contributed by atoms with van der Waals surface area (Å²) in [5.74, 6) is -0.266. The van der Waals surface area contributed by atoms with Gasteiger partial charge in [0.2, 0.25) is 0 Å². The fraction of sp³-hybridized carbons (Fsp3) is 0.375. The number of esters is 1. The van der Waals surface area contributed by atoms with Crippen molar-refractivity contribution in [1.82, 2.24) is 4.90 Å². The molecule has 20 heavy (non-hydrogen) atoms. The van der Waals surface area contributed by atoms with Crippen LogP contribution in [0.25, 0.3) is 0 Å². The van der Waals surface area contributed by atoms with Crippen molar-refractivity contribution in [1.29, 1.82) is 0 Å². The van der Waals surface area contributed by atoms with Crippen LogP contribution in [0.3, 0.4) is 0 Å². The molecular formula is C16H19NO3. The van der Waals surface area contributed by atoms with Crippen molar-refractivity contribution in [2.45, 2.75) is 19.3 Å². The van der Waals surface area contributed by atoms with Crippen LogP contribution in [0.4, 0.5) is 0 Å². The van der Waals surface area contributed by atoms with Crippen LogP contribution in [0.5, 0.6) is 0 Å². The molecule has 2 rings (SSSR count). The van der Waals surface area contributed by atoms with E-state index in [1.165, 1.54) is 7.11 Å². The summed E-state index contributed by atoms with van der Waals surface area (Å²) < 4.78 is 4.77. The average Bonchev–Trinajstić information content (AvgIpc) is 2.43. The lowest BCUT2D eigenvalue weighted by Gasteiger charge is -2.34. The van der Waals surface area contributed by atoms with E-state index in [2.05, 4.69) is 6.58 Å². The molecule has 1 heterocycles. The molecule has 0 fully saturated rings. The minimum atomic E-state index is -0.253. The maximum Gasteiger partial charge on any atom is 0.306 e. The summed E-state index contributed by atoms with van der Waals surface area (Å²) in [5, 5.41) is 0. The third-order valence-corrected chi connectivity index (χ3v) is 3.68. The van der Waals surface area contributed by atoms with E-state index >= 15 is 0 Å². The van der Waals surface area contributed by atoms with Gasteiger partial charge in [-0.3, -0.25) is 9.59 Å². The van der Waals surface area contributed by atoms with Crippen molar-refractivity contribution in [2.75, 3.05) is 20.2 Å². The Balaban J connectivity index is 2.42. The Morgan fingerprint density at radius 3 is 2.95 bits per heavy atom. The lowest BCUT2D eigenvalue weighted by molar-refractivity contribution is -0.141. The fourth-order valence-corrected chi connectivity index (χ4v) is 2.78. The number of amides is 1. The number of nitrogens with zero attached hydrogens (tertiary/aromatic N) is 1. The number of carbonyl (C=O) groups is 2. The molecule has 0 saturated heterocycles. The van der Waals surface area contributed by atoms with Crippen molar-refractivity contribution >= 4 is 11.9 Å². The van der Waals surface area contributed by atoms with Gasteiger partial charge in [-0.05, 0) is 24.1 Å². The summed E-state index contributed by atoms with van der Waals surface area (Å²) in [6, 6.07) is 5.67. The third-order valence-electron chi connectivity index (χ3n) is 3.68. The van der Waals surface area contributed by atoms with E-state index in [1.54, 1.807) is 11.0 Å². The van der Waals surface area contributed by atoms with E-state index in [-0.39, 0.29) is 24.2 Å². The van der Waals surface area contributed by atoms with Crippen LogP contribution in [0, 0.1) is 6.92 Å². The second kappa shape index (κ2) is 5.90. The van der Waals surface area contributed by atoms with Gasteiger partial charge in [0, 0.05) is 24.6 Å². The monoisotopic (exact) mass is 273 g/mol. The van der Waals surface area contributed by atoms with Crippen molar-refractivity contribution in [3.8, 4) is 0 Å². The van der Waals surface area contributed by atoms with Gasteiger partial charge in [-0.2, -0.15) is 0 Å². The Labute approximate surface area is 119 Å². The first-order valence-electron chi connectivity index (χ1n) is 6.65. The predicted octanol–water partition coefficient (Wildman–Crippen LogP) is 2.28. The number of hydrogen-bond acceptors (Lipinski definition) is 3. The molecule has 1 atom stereocenters. The summed E-state index contributed by atoms with van der Waals surface area (Å²) in [4.78, 5) is 25.7. The van der Waals surface area contributed by atoms with E-state index in [1.807, 2.05) is 25.1 Å². The molecule has 1 aliphatic rings. The highest BCUT2D eigenvalue weighted by Gasteiger charge is 2.32. The van der Waals surface area contributed by atoms with Gasteiger partial charge in [-0.15, -0.1) is 6.58 Å². The lowest BCUT2D eigenvalue weighted by atomic mass is 9.84. The number of methoxy groups -OCH3 is 1. The molecule has 0 saturated carbocycles. The highest BCUT2D eigenvalue weighted by atomic mass is 16.5. The van der Waals surface area contributed by atoms with E-state index in [4.69, 9.17) is 4.74 Å². The van der Waals surface area contributed by atoms with Crippen molar-refractivity contribution in [2.24, 2.45) is 0 Å². The number of fused-ring (bicyclic) bond motifs is 1. The van der Waals surface area contributed by atoms with Crippen LogP contribution < -0.4 is 0 Å². The molecule has 0 spiro atoms. The van der Waals surface area contributed by atoms with E-state index in [0.29, 0.717) is 18.7 Å². The quantitative estimate of drug-likeness (QED) is 0.624. The van der Waals surface area contributed by atoms with Crippen molar-refractivity contribution in [3.63, 3.8) is 0 Å². The van der Waals surface area contributed by atoms with Gasteiger partial charge in [0.1, 0.15) is 0 Å². The van der Waals surface area contributed by atoms with Crippen LogP contribution in [0.15, 0.2) is 30.9 Å². The summed E-state index contributed by atoms with van der Waals surface area (Å²) >= 11 is 0. The second-order valence-corrected chi connectivity index (χ2v) is 5.01. The number of benzene rings is 1. The fourth-order valence-electron chi connectivity index (χ4n) is 2.78. The molecule has 1 aromatic carbocycles. The number of ether oxygens (including phenoxy) is 1. The van der Waals surface area contributed by atoms with E-state index in [0.717, 1.165) is 11.1 Å². The molecule has 0 bridgehead atoms. The number of carbonyl (C=O) groups excluding carboxylic acids is 2. The van der Waals surface area contributed by atoms with Crippen LogP contribution in [0.2, 0.25) is 0 Å². The maximum absolute atomic E-state index is 12.4. The smallest absolute Gasteiger partial charge is 0.306 e. The second-order valence-electron chi connectivity index (χ2n) is 5.01. The number of hydrogen-bond donors (Lipinski definition) is 0. The van der Waals surface area contributed by atoms with Gasteiger partial charge in [-0.25, -0.2) is 0 Å². The molecule has 1 aromatic rings. The molecule has 4 heteroatoms. The number of rotatable bonds is 4. The first-order chi connectivity index (χ1) is 9.58. The largest absolute Gasteiger partial charge is 0.469 e. The van der Waals surface area contributed by atoms with Gasteiger partial charge < -0.3 is 9.64 Å². The molecule has 0 radical (unpaired) electrons. The summed E-state index contributed by atoms with van der Waals surface area (Å²) in [7, 11) is 1.39. The highest BCUT2D eigenvalue weighted by Crippen LogP contribution is 2.33. The van der Waals surface area contributed by atoms with Crippen LogP contribution in [0.1, 0.15) is 33.8 Å². The van der Waals surface area contributed by atoms with E-state index in [9.17, 15) is 9.59 Å². The van der Waals surface area contributed by atoms with Gasteiger partial charge in [0.25, 0.3) is 5.91 Å². The minimum Gasteiger partial charge on any atom is -0.469 e. The van der Waals surface area contributed by atoms with Crippen molar-refractivity contribution in [3.05, 3.63) is 47.5 Å². The Kier molecular flexibility index (Phi) is 4.23. The standard InChI is InChI=1S/C16H19NO3/c1-4-8-17-10-12(9-14(18)20-3)15-11(2)6-5-7-13(15)16(17)19/h4-7,12H,1,8-10H2,2-3H3. The first-order valence-corrected chi connectivity index (χ1v) is 6.65. The van der Waals surface area contributed by atoms with Crippen molar-refractivity contribution < 1.29 is 14.3 Å². The zero-order chi connectivity index (χ0) is 14.7. The van der Waals surface area contributed by atoms with Crippen LogP contribution in [-0.4, -0.2) is 37.0 Å². The minimum absolute atomic E-state index is 0.00437. The van der Waals surface area contributed by atoms with Gasteiger partial charge >= 0.3 is 5.97 Å². The summed E-state index contributed by atoms with van der Waals surface area (Å²) in [5.41, 5.74) is 2.71. The van der Waals surface area contributed by atoms with Gasteiger partial charge in [-0.1, -0.05) is 18.2 Å². The summed E-state index contributed by atoms with van der Waals surface area (Å²) in [6.45, 7) is 6.67. The topological polar surface area (TPSA) is 46.6 Å². The third kappa shape index (κ3) is 2.59. The van der Waals surface area contributed by atoms with E-state index < -0.39 is 0 Å². The molecule has 0 aliphatic carbocycles. The SMILES string of the molecule is C=CCN1CC(CC(=O)OC)c2c(C)cccc2C1=O. The molecule has 1 amide bonds. The zero-order valence-electron chi connectivity index (χ0n) is 11.9. The average molecular weight is 273 g/mol. The Morgan fingerprint density at radius 1 is 1.55 bits per heavy atom. The molecule has 106 valence electrons. The Bertz CT molecular complexity index is 551. The molecule has 1 aliphatic heterocycles.